The average Bonchev–Trinajstić information content (AvgIpc) is 2.41. The van der Waals surface area contributed by atoms with Gasteiger partial charge in [-0.2, -0.15) is 0 Å². The van der Waals surface area contributed by atoms with Gasteiger partial charge in [-0.25, -0.2) is 4.39 Å². The molecule has 106 valence electrons. The molecule has 0 aliphatic carbocycles. The Labute approximate surface area is 113 Å². The minimum Gasteiger partial charge on any atom is -0.497 e. The molecular formula is C14H21FN2O2. The van der Waals surface area contributed by atoms with Gasteiger partial charge in [-0.3, -0.25) is 4.79 Å². The summed E-state index contributed by atoms with van der Waals surface area (Å²) in [5.41, 5.74) is 0.262. The Morgan fingerprint density at radius 2 is 2.21 bits per heavy atom. The number of halogens is 1. The molecule has 0 radical (unpaired) electrons. The molecule has 1 rings (SSSR count). The highest BCUT2D eigenvalue weighted by Gasteiger charge is 2.14. The number of benzene rings is 1. The van der Waals surface area contributed by atoms with Crippen molar-refractivity contribution in [2.45, 2.75) is 32.7 Å². The first kappa shape index (κ1) is 15.3. The molecule has 0 saturated heterocycles. The van der Waals surface area contributed by atoms with Gasteiger partial charge in [0.15, 0.2) is 0 Å². The zero-order valence-electron chi connectivity index (χ0n) is 11.6. The summed E-state index contributed by atoms with van der Waals surface area (Å²) in [6, 6.07) is 3.87. The molecule has 0 bridgehead atoms. The van der Waals surface area contributed by atoms with Gasteiger partial charge in [0.25, 0.3) is 0 Å². The first-order valence-corrected chi connectivity index (χ1v) is 6.46. The summed E-state index contributed by atoms with van der Waals surface area (Å²) in [5, 5.41) is 5.64. The number of rotatable bonds is 7. The fourth-order valence-electron chi connectivity index (χ4n) is 1.58. The van der Waals surface area contributed by atoms with Crippen molar-refractivity contribution in [2.75, 3.05) is 19.0 Å². The number of methoxy groups -OCH3 is 1. The third kappa shape index (κ3) is 4.77. The van der Waals surface area contributed by atoms with Gasteiger partial charge in [-0.05, 0) is 25.5 Å². The molecule has 0 saturated carbocycles. The van der Waals surface area contributed by atoms with E-state index in [1.807, 2.05) is 0 Å². The van der Waals surface area contributed by atoms with Gasteiger partial charge in [0.05, 0.1) is 12.8 Å². The second kappa shape index (κ2) is 7.61. The van der Waals surface area contributed by atoms with E-state index in [0.29, 0.717) is 12.3 Å². The van der Waals surface area contributed by atoms with Gasteiger partial charge in [0, 0.05) is 12.6 Å². The Morgan fingerprint density at radius 3 is 2.84 bits per heavy atom. The lowest BCUT2D eigenvalue weighted by atomic mass is 10.2. The molecule has 0 aromatic heterocycles. The minimum absolute atomic E-state index is 0.143. The van der Waals surface area contributed by atoms with E-state index in [1.165, 1.54) is 25.3 Å². The molecule has 1 unspecified atom stereocenters. The van der Waals surface area contributed by atoms with Crippen molar-refractivity contribution >= 4 is 11.6 Å². The number of hydrogen-bond acceptors (Lipinski definition) is 3. The van der Waals surface area contributed by atoms with Crippen LogP contribution in [-0.2, 0) is 4.79 Å². The fourth-order valence-corrected chi connectivity index (χ4v) is 1.58. The molecule has 0 spiro atoms. The lowest BCUT2D eigenvalue weighted by Gasteiger charge is -2.16. The molecule has 19 heavy (non-hydrogen) atoms. The molecule has 1 atom stereocenters. The maximum absolute atomic E-state index is 13.6. The number of carbonyl (C=O) groups excluding carboxylic acids is 1. The van der Waals surface area contributed by atoms with Gasteiger partial charge in [-0.15, -0.1) is 0 Å². The highest BCUT2D eigenvalue weighted by atomic mass is 19.1. The number of carbonyl (C=O) groups is 1. The van der Waals surface area contributed by atoms with E-state index in [9.17, 15) is 9.18 Å². The summed E-state index contributed by atoms with van der Waals surface area (Å²) in [7, 11) is 1.51. The summed E-state index contributed by atoms with van der Waals surface area (Å²) in [5.74, 6) is -0.00725. The fraction of sp³-hybridized carbons (Fsp3) is 0.500. The van der Waals surface area contributed by atoms with Crippen molar-refractivity contribution in [2.24, 2.45) is 0 Å². The van der Waals surface area contributed by atoms with Crippen molar-refractivity contribution < 1.29 is 13.9 Å². The summed E-state index contributed by atoms with van der Waals surface area (Å²) in [4.78, 5) is 11.8. The van der Waals surface area contributed by atoms with Crippen molar-refractivity contribution in [3.05, 3.63) is 24.0 Å². The Bertz CT molecular complexity index is 424. The van der Waals surface area contributed by atoms with E-state index in [1.54, 1.807) is 6.92 Å². The second-order valence-corrected chi connectivity index (χ2v) is 4.36. The molecule has 0 aliphatic rings. The van der Waals surface area contributed by atoms with Crippen LogP contribution in [0.3, 0.4) is 0 Å². The van der Waals surface area contributed by atoms with Gasteiger partial charge in [-0.1, -0.05) is 13.3 Å². The van der Waals surface area contributed by atoms with Gasteiger partial charge >= 0.3 is 0 Å². The molecule has 0 aliphatic heterocycles. The Hall–Kier alpha value is -1.78. The number of nitrogens with one attached hydrogen (secondary N) is 2. The van der Waals surface area contributed by atoms with Crippen molar-refractivity contribution in [3.63, 3.8) is 0 Å². The van der Waals surface area contributed by atoms with Crippen LogP contribution < -0.4 is 15.4 Å². The molecule has 1 aromatic rings. The van der Waals surface area contributed by atoms with Crippen molar-refractivity contribution in [1.29, 1.82) is 0 Å². The number of anilines is 1. The number of hydrogen-bond donors (Lipinski definition) is 2. The molecule has 1 amide bonds. The summed E-state index contributed by atoms with van der Waals surface area (Å²) in [6.07, 6.45) is 1.96. The largest absolute Gasteiger partial charge is 0.497 e. The Morgan fingerprint density at radius 1 is 1.47 bits per heavy atom. The predicted molar refractivity (Wildman–Crippen MR) is 74.0 cm³/mol. The standard InChI is InChI=1S/C14H21FN2O2/c1-4-5-8-16-14(18)10(2)17-13-9-11(19-3)6-7-12(13)15/h6-7,9-10,17H,4-5,8H2,1-3H3,(H,16,18). The van der Waals surface area contributed by atoms with Crippen LogP contribution >= 0.6 is 0 Å². The maximum atomic E-state index is 13.6. The van der Waals surface area contributed by atoms with E-state index in [0.717, 1.165) is 12.8 Å². The quantitative estimate of drug-likeness (QED) is 0.747. The second-order valence-electron chi connectivity index (χ2n) is 4.36. The number of unbranched alkanes of at least 4 members (excludes halogenated alkanes) is 1. The van der Waals surface area contributed by atoms with Crippen LogP contribution in [0.1, 0.15) is 26.7 Å². The van der Waals surface area contributed by atoms with Crippen LogP contribution in [0.4, 0.5) is 10.1 Å². The third-order valence-electron chi connectivity index (χ3n) is 2.77. The van der Waals surface area contributed by atoms with E-state index in [4.69, 9.17) is 4.74 Å². The van der Waals surface area contributed by atoms with Crippen LogP contribution in [0.5, 0.6) is 5.75 Å². The monoisotopic (exact) mass is 268 g/mol. The van der Waals surface area contributed by atoms with Crippen LogP contribution in [-0.4, -0.2) is 25.6 Å². The Balaban J connectivity index is 2.60. The lowest BCUT2D eigenvalue weighted by molar-refractivity contribution is -0.121. The van der Waals surface area contributed by atoms with Crippen LogP contribution in [0.15, 0.2) is 18.2 Å². The summed E-state index contributed by atoms with van der Waals surface area (Å²) >= 11 is 0. The van der Waals surface area contributed by atoms with Crippen LogP contribution in [0.25, 0.3) is 0 Å². The number of ether oxygens (including phenoxy) is 1. The highest BCUT2D eigenvalue weighted by molar-refractivity contribution is 5.84. The van der Waals surface area contributed by atoms with E-state index < -0.39 is 11.9 Å². The van der Waals surface area contributed by atoms with Crippen molar-refractivity contribution in [3.8, 4) is 5.75 Å². The summed E-state index contributed by atoms with van der Waals surface area (Å²) < 4.78 is 18.6. The normalized spacial score (nSPS) is 11.8. The molecule has 1 aromatic carbocycles. The van der Waals surface area contributed by atoms with E-state index >= 15 is 0 Å². The highest BCUT2D eigenvalue weighted by Crippen LogP contribution is 2.21. The molecule has 0 heterocycles. The topological polar surface area (TPSA) is 50.4 Å². The molecular weight excluding hydrogens is 247 g/mol. The van der Waals surface area contributed by atoms with E-state index in [2.05, 4.69) is 17.6 Å². The number of amides is 1. The van der Waals surface area contributed by atoms with Gasteiger partial charge < -0.3 is 15.4 Å². The first-order valence-electron chi connectivity index (χ1n) is 6.46. The Kier molecular flexibility index (Phi) is 6.12. The smallest absolute Gasteiger partial charge is 0.242 e. The molecule has 2 N–H and O–H groups in total. The third-order valence-corrected chi connectivity index (χ3v) is 2.77. The van der Waals surface area contributed by atoms with Gasteiger partial charge in [0.1, 0.15) is 17.6 Å². The molecule has 4 nitrogen and oxygen atoms in total. The zero-order valence-corrected chi connectivity index (χ0v) is 11.6. The molecule has 5 heteroatoms. The molecule has 0 fully saturated rings. The van der Waals surface area contributed by atoms with Crippen LogP contribution in [0, 0.1) is 5.82 Å². The minimum atomic E-state index is -0.501. The van der Waals surface area contributed by atoms with E-state index in [-0.39, 0.29) is 11.6 Å². The lowest BCUT2D eigenvalue weighted by Crippen LogP contribution is -2.38. The predicted octanol–water partition coefficient (Wildman–Crippen LogP) is 2.55. The maximum Gasteiger partial charge on any atom is 0.242 e. The average molecular weight is 268 g/mol. The zero-order chi connectivity index (χ0) is 14.3. The first-order chi connectivity index (χ1) is 9.08. The SMILES string of the molecule is CCCCNC(=O)C(C)Nc1cc(OC)ccc1F. The van der Waals surface area contributed by atoms with Crippen molar-refractivity contribution in [1.82, 2.24) is 5.32 Å². The van der Waals surface area contributed by atoms with Gasteiger partial charge in [0.2, 0.25) is 5.91 Å². The summed E-state index contributed by atoms with van der Waals surface area (Å²) in [6.45, 7) is 4.39. The van der Waals surface area contributed by atoms with Crippen LogP contribution in [0.2, 0.25) is 0 Å².